The molecule has 5 nitrogen and oxygen atoms in total. The molecule has 0 atom stereocenters. The summed E-state index contributed by atoms with van der Waals surface area (Å²) >= 11 is 7.97. The molecule has 0 spiro atoms. The molecule has 0 radical (unpaired) electrons. The van der Waals surface area contributed by atoms with E-state index in [9.17, 15) is 9.59 Å². The first-order valence-corrected chi connectivity index (χ1v) is 9.64. The molecule has 1 amide bonds. The predicted octanol–water partition coefficient (Wildman–Crippen LogP) is 4.93. The molecule has 0 heterocycles. The van der Waals surface area contributed by atoms with Crippen LogP contribution in [0.25, 0.3) is 0 Å². The Balaban J connectivity index is 1.58. The van der Waals surface area contributed by atoms with Crippen LogP contribution in [0.1, 0.15) is 26.3 Å². The molecule has 140 valence electrons. The first-order valence-electron chi connectivity index (χ1n) is 8.19. The van der Waals surface area contributed by atoms with Crippen LogP contribution >= 0.6 is 34.2 Å². The molecule has 3 aromatic carbocycles. The van der Waals surface area contributed by atoms with Crippen molar-refractivity contribution in [1.29, 1.82) is 0 Å². The van der Waals surface area contributed by atoms with Gasteiger partial charge in [-0.3, -0.25) is 4.79 Å². The number of nitrogens with one attached hydrogen (secondary N) is 1. The Morgan fingerprint density at radius 2 is 1.75 bits per heavy atom. The van der Waals surface area contributed by atoms with Crippen LogP contribution in [-0.2, 0) is 0 Å². The highest BCUT2D eigenvalue weighted by Crippen LogP contribution is 2.16. The summed E-state index contributed by atoms with van der Waals surface area (Å²) in [5.74, 6) is -0.382. The number of amides is 1. The fraction of sp³-hybridized carbons (Fsp3) is 0. The van der Waals surface area contributed by atoms with Crippen molar-refractivity contribution >= 4 is 52.3 Å². The van der Waals surface area contributed by atoms with Crippen molar-refractivity contribution < 1.29 is 14.3 Å². The molecule has 3 rings (SSSR count). The molecule has 3 aromatic rings. The van der Waals surface area contributed by atoms with Gasteiger partial charge in [-0.25, -0.2) is 10.2 Å². The van der Waals surface area contributed by atoms with Crippen molar-refractivity contribution in [3.05, 3.63) is 98.1 Å². The summed E-state index contributed by atoms with van der Waals surface area (Å²) in [4.78, 5) is 24.2. The fourth-order valence-corrected chi connectivity index (χ4v) is 3.10. The van der Waals surface area contributed by atoms with Gasteiger partial charge in [0.25, 0.3) is 5.91 Å². The number of benzene rings is 3. The normalized spacial score (nSPS) is 10.6. The average molecular weight is 505 g/mol. The Kier molecular flexibility index (Phi) is 6.78. The smallest absolute Gasteiger partial charge is 0.343 e. The standard InChI is InChI=1S/C21H14ClIN2O3/c22-16-5-3-4-15(12-16)21(27)28-17-10-8-14(9-11-17)13-24-25-20(26)18-6-1-2-7-19(18)23/h1-13H,(H,25,26)/b24-13+. The summed E-state index contributed by atoms with van der Waals surface area (Å²) in [5, 5.41) is 4.42. The van der Waals surface area contributed by atoms with Gasteiger partial charge in [-0.05, 0) is 82.8 Å². The number of hydrazone groups is 1. The van der Waals surface area contributed by atoms with E-state index in [1.807, 2.05) is 12.1 Å². The summed E-state index contributed by atoms with van der Waals surface area (Å²) in [5.41, 5.74) is 4.16. The molecule has 0 bridgehead atoms. The Bertz CT molecular complexity index is 1040. The third kappa shape index (κ3) is 5.40. The van der Waals surface area contributed by atoms with Crippen LogP contribution in [0, 0.1) is 3.57 Å². The van der Waals surface area contributed by atoms with Crippen LogP contribution in [0.4, 0.5) is 0 Å². The largest absolute Gasteiger partial charge is 0.423 e. The highest BCUT2D eigenvalue weighted by Gasteiger charge is 2.09. The quantitative estimate of drug-likeness (QED) is 0.176. The van der Waals surface area contributed by atoms with E-state index in [0.717, 1.165) is 9.13 Å². The van der Waals surface area contributed by atoms with Crippen molar-refractivity contribution in [2.24, 2.45) is 5.10 Å². The van der Waals surface area contributed by atoms with Gasteiger partial charge in [0.2, 0.25) is 0 Å². The van der Waals surface area contributed by atoms with Crippen LogP contribution in [-0.4, -0.2) is 18.1 Å². The van der Waals surface area contributed by atoms with E-state index in [0.29, 0.717) is 21.9 Å². The zero-order valence-electron chi connectivity index (χ0n) is 14.4. The number of hydrogen-bond acceptors (Lipinski definition) is 4. The highest BCUT2D eigenvalue weighted by atomic mass is 127. The molecule has 0 aliphatic rings. The third-order valence-electron chi connectivity index (χ3n) is 3.65. The average Bonchev–Trinajstić information content (AvgIpc) is 2.69. The van der Waals surface area contributed by atoms with Gasteiger partial charge in [-0.1, -0.05) is 29.8 Å². The second-order valence-corrected chi connectivity index (χ2v) is 7.25. The van der Waals surface area contributed by atoms with E-state index in [-0.39, 0.29) is 5.91 Å². The zero-order chi connectivity index (χ0) is 19.9. The number of carbonyl (C=O) groups is 2. The van der Waals surface area contributed by atoms with Crippen molar-refractivity contribution in [2.75, 3.05) is 0 Å². The van der Waals surface area contributed by atoms with E-state index < -0.39 is 5.97 Å². The minimum Gasteiger partial charge on any atom is -0.423 e. The number of hydrogen-bond donors (Lipinski definition) is 1. The summed E-state index contributed by atoms with van der Waals surface area (Å²) in [7, 11) is 0. The highest BCUT2D eigenvalue weighted by molar-refractivity contribution is 14.1. The van der Waals surface area contributed by atoms with E-state index in [1.54, 1.807) is 60.7 Å². The summed E-state index contributed by atoms with van der Waals surface area (Å²) in [6.45, 7) is 0. The lowest BCUT2D eigenvalue weighted by atomic mass is 10.2. The van der Waals surface area contributed by atoms with Crippen LogP contribution < -0.4 is 10.2 Å². The van der Waals surface area contributed by atoms with Gasteiger partial charge in [-0.15, -0.1) is 0 Å². The number of nitrogens with zero attached hydrogens (tertiary/aromatic N) is 1. The van der Waals surface area contributed by atoms with Gasteiger partial charge >= 0.3 is 5.97 Å². The Labute approximate surface area is 180 Å². The third-order valence-corrected chi connectivity index (χ3v) is 4.82. The molecule has 0 unspecified atom stereocenters. The molecular formula is C21H14ClIN2O3. The molecule has 28 heavy (non-hydrogen) atoms. The van der Waals surface area contributed by atoms with Crippen molar-refractivity contribution in [1.82, 2.24) is 5.43 Å². The SMILES string of the molecule is O=C(Oc1ccc(/C=N/NC(=O)c2ccccc2I)cc1)c1cccc(Cl)c1. The topological polar surface area (TPSA) is 67.8 Å². The van der Waals surface area contributed by atoms with Crippen LogP contribution in [0.3, 0.4) is 0 Å². The molecule has 0 aliphatic carbocycles. The van der Waals surface area contributed by atoms with Crippen LogP contribution in [0.2, 0.25) is 5.02 Å². The van der Waals surface area contributed by atoms with Gasteiger partial charge < -0.3 is 4.74 Å². The second-order valence-electron chi connectivity index (χ2n) is 5.65. The lowest BCUT2D eigenvalue weighted by Crippen LogP contribution is -2.18. The monoisotopic (exact) mass is 504 g/mol. The first kappa shape index (κ1) is 20.0. The number of ether oxygens (including phenoxy) is 1. The molecule has 0 fully saturated rings. The molecule has 0 saturated heterocycles. The summed E-state index contributed by atoms with van der Waals surface area (Å²) in [6, 6.07) is 20.5. The molecular weight excluding hydrogens is 491 g/mol. The van der Waals surface area contributed by atoms with Crippen LogP contribution in [0.5, 0.6) is 5.75 Å². The van der Waals surface area contributed by atoms with Gasteiger partial charge in [0.15, 0.2) is 0 Å². The van der Waals surface area contributed by atoms with Gasteiger partial charge in [-0.2, -0.15) is 5.10 Å². The Morgan fingerprint density at radius 3 is 2.46 bits per heavy atom. The molecule has 1 N–H and O–H groups in total. The van der Waals surface area contributed by atoms with Crippen molar-refractivity contribution in [3.63, 3.8) is 0 Å². The first-order chi connectivity index (χ1) is 13.5. The van der Waals surface area contributed by atoms with Gasteiger partial charge in [0, 0.05) is 8.59 Å². The van der Waals surface area contributed by atoms with Crippen molar-refractivity contribution in [2.45, 2.75) is 0 Å². The Hall–Kier alpha value is -2.71. The minimum atomic E-state index is -0.492. The molecule has 7 heteroatoms. The van der Waals surface area contributed by atoms with E-state index in [2.05, 4.69) is 33.1 Å². The second kappa shape index (κ2) is 9.48. The van der Waals surface area contributed by atoms with Gasteiger partial charge in [0.1, 0.15) is 5.75 Å². The van der Waals surface area contributed by atoms with E-state index in [4.69, 9.17) is 16.3 Å². The zero-order valence-corrected chi connectivity index (χ0v) is 17.3. The lowest BCUT2D eigenvalue weighted by molar-refractivity contribution is 0.0734. The Morgan fingerprint density at radius 1 is 1.00 bits per heavy atom. The number of carbonyl (C=O) groups excluding carboxylic acids is 2. The number of halogens is 2. The van der Waals surface area contributed by atoms with E-state index >= 15 is 0 Å². The maximum atomic E-state index is 12.1. The molecule has 0 aliphatic heterocycles. The van der Waals surface area contributed by atoms with Crippen LogP contribution in [0.15, 0.2) is 77.9 Å². The van der Waals surface area contributed by atoms with Crippen molar-refractivity contribution in [3.8, 4) is 5.75 Å². The molecule has 0 saturated carbocycles. The predicted molar refractivity (Wildman–Crippen MR) is 117 cm³/mol. The van der Waals surface area contributed by atoms with E-state index in [1.165, 1.54) is 6.21 Å². The fourth-order valence-electron chi connectivity index (χ4n) is 2.27. The summed E-state index contributed by atoms with van der Waals surface area (Å²) in [6.07, 6.45) is 1.51. The lowest BCUT2D eigenvalue weighted by Gasteiger charge is -2.05. The summed E-state index contributed by atoms with van der Waals surface area (Å²) < 4.78 is 6.16. The maximum absolute atomic E-state index is 12.1. The molecule has 0 aromatic heterocycles. The minimum absolute atomic E-state index is 0.284. The number of esters is 1. The maximum Gasteiger partial charge on any atom is 0.343 e. The van der Waals surface area contributed by atoms with Gasteiger partial charge in [0.05, 0.1) is 17.3 Å². The number of rotatable bonds is 5.